The predicted molar refractivity (Wildman–Crippen MR) is 127 cm³/mol. The van der Waals surface area contributed by atoms with Crippen LogP contribution in [0.5, 0.6) is 0 Å². The lowest BCUT2D eigenvalue weighted by Crippen LogP contribution is -2.42. The summed E-state index contributed by atoms with van der Waals surface area (Å²) in [4.78, 5) is 14.2. The number of rotatable bonds is 8. The summed E-state index contributed by atoms with van der Waals surface area (Å²) in [5, 5.41) is 6.88. The monoisotopic (exact) mass is 440 g/mol. The van der Waals surface area contributed by atoms with Gasteiger partial charge in [0.15, 0.2) is 5.96 Å². The summed E-state index contributed by atoms with van der Waals surface area (Å²) in [7, 11) is 0. The largest absolute Gasteiger partial charge is 0.468 e. The molecule has 2 aliphatic heterocycles. The van der Waals surface area contributed by atoms with Crippen LogP contribution in [-0.2, 0) is 11.3 Å². The van der Waals surface area contributed by atoms with Crippen molar-refractivity contribution in [1.29, 1.82) is 0 Å². The highest BCUT2D eigenvalue weighted by Crippen LogP contribution is 2.24. The van der Waals surface area contributed by atoms with Crippen LogP contribution >= 0.6 is 0 Å². The van der Waals surface area contributed by atoms with Gasteiger partial charge in [0.25, 0.3) is 0 Å². The molecule has 0 radical (unpaired) electrons. The standard InChI is InChI=1S/C24H36N6O2/c1-3-25-24(28-17-21(22-7-6-13-32-22)29-10-4-5-11-29)27-16-20-8-9-23(26-15-20)30-12-14-31-19(2)18-30/h6-9,13,15,19,21H,3-5,10-12,14,16-18H2,1-2H3,(H2,25,27,28). The maximum atomic E-state index is 5.74. The number of aromatic nitrogens is 1. The molecule has 4 heterocycles. The minimum Gasteiger partial charge on any atom is -0.468 e. The molecule has 2 saturated heterocycles. The van der Waals surface area contributed by atoms with Crippen molar-refractivity contribution >= 4 is 11.8 Å². The van der Waals surface area contributed by atoms with Crippen molar-refractivity contribution in [3.63, 3.8) is 0 Å². The average Bonchev–Trinajstić information content (AvgIpc) is 3.53. The van der Waals surface area contributed by atoms with Crippen molar-refractivity contribution in [2.24, 2.45) is 4.99 Å². The van der Waals surface area contributed by atoms with Gasteiger partial charge in [0, 0.05) is 32.4 Å². The van der Waals surface area contributed by atoms with E-state index in [1.54, 1.807) is 6.26 Å². The molecule has 0 aromatic carbocycles. The van der Waals surface area contributed by atoms with Crippen molar-refractivity contribution < 1.29 is 9.15 Å². The number of pyridine rings is 1. The van der Waals surface area contributed by atoms with Gasteiger partial charge in [0.1, 0.15) is 11.6 Å². The molecule has 0 saturated carbocycles. The summed E-state index contributed by atoms with van der Waals surface area (Å²) < 4.78 is 11.4. The number of anilines is 1. The van der Waals surface area contributed by atoms with E-state index in [4.69, 9.17) is 14.1 Å². The maximum absolute atomic E-state index is 5.74. The van der Waals surface area contributed by atoms with Crippen molar-refractivity contribution in [3.8, 4) is 0 Å². The normalized spacial score (nSPS) is 21.0. The molecule has 2 unspecified atom stereocenters. The average molecular weight is 441 g/mol. The molecule has 0 spiro atoms. The van der Waals surface area contributed by atoms with E-state index < -0.39 is 0 Å². The van der Waals surface area contributed by atoms with Gasteiger partial charge in [-0.25, -0.2) is 9.98 Å². The van der Waals surface area contributed by atoms with E-state index in [1.165, 1.54) is 12.8 Å². The molecule has 0 amide bonds. The maximum Gasteiger partial charge on any atom is 0.191 e. The third-order valence-corrected chi connectivity index (χ3v) is 6.05. The van der Waals surface area contributed by atoms with Gasteiger partial charge >= 0.3 is 0 Å². The number of nitrogens with zero attached hydrogens (tertiary/aromatic N) is 4. The second kappa shape index (κ2) is 11.3. The van der Waals surface area contributed by atoms with Gasteiger partial charge in [0.2, 0.25) is 0 Å². The number of morpholine rings is 1. The highest BCUT2D eigenvalue weighted by molar-refractivity contribution is 5.79. The van der Waals surface area contributed by atoms with Crippen LogP contribution in [0.3, 0.4) is 0 Å². The van der Waals surface area contributed by atoms with E-state index in [0.717, 1.165) is 69.0 Å². The summed E-state index contributed by atoms with van der Waals surface area (Å²) in [6.07, 6.45) is 6.42. The lowest BCUT2D eigenvalue weighted by molar-refractivity contribution is 0.0529. The second-order valence-corrected chi connectivity index (χ2v) is 8.50. The summed E-state index contributed by atoms with van der Waals surface area (Å²) in [6, 6.07) is 8.45. The summed E-state index contributed by atoms with van der Waals surface area (Å²) >= 11 is 0. The molecule has 4 rings (SSSR count). The highest BCUT2D eigenvalue weighted by Gasteiger charge is 2.25. The number of likely N-dealkylation sites (tertiary alicyclic amines) is 1. The van der Waals surface area contributed by atoms with Crippen LogP contribution in [0, 0.1) is 0 Å². The zero-order chi connectivity index (χ0) is 22.2. The molecule has 8 nitrogen and oxygen atoms in total. The minimum absolute atomic E-state index is 0.216. The first-order valence-electron chi connectivity index (χ1n) is 11.8. The zero-order valence-electron chi connectivity index (χ0n) is 19.3. The first-order chi connectivity index (χ1) is 15.7. The SMILES string of the molecule is CCNC(=NCc1ccc(N2CCOC(C)C2)nc1)NCC(c1ccco1)N1CCCC1. The Morgan fingerprint density at radius 1 is 1.22 bits per heavy atom. The van der Waals surface area contributed by atoms with Gasteiger partial charge < -0.3 is 24.7 Å². The molecule has 2 atom stereocenters. The highest BCUT2D eigenvalue weighted by atomic mass is 16.5. The van der Waals surface area contributed by atoms with Crippen LogP contribution in [-0.4, -0.2) is 67.8 Å². The zero-order valence-corrected chi connectivity index (χ0v) is 19.3. The van der Waals surface area contributed by atoms with E-state index in [-0.39, 0.29) is 12.1 Å². The lowest BCUT2D eigenvalue weighted by atomic mass is 10.2. The summed E-state index contributed by atoms with van der Waals surface area (Å²) in [5.74, 6) is 2.83. The lowest BCUT2D eigenvalue weighted by Gasteiger charge is -2.32. The van der Waals surface area contributed by atoms with Crippen molar-refractivity contribution in [2.45, 2.75) is 45.4 Å². The minimum atomic E-state index is 0.216. The molecule has 0 bridgehead atoms. The molecule has 2 aromatic rings. The van der Waals surface area contributed by atoms with Crippen LogP contribution in [0.4, 0.5) is 5.82 Å². The Labute approximate surface area is 191 Å². The molecule has 2 aliphatic rings. The number of hydrogen-bond donors (Lipinski definition) is 2. The Hall–Kier alpha value is -2.58. The van der Waals surface area contributed by atoms with Gasteiger partial charge in [-0.1, -0.05) is 6.07 Å². The number of nitrogens with one attached hydrogen (secondary N) is 2. The number of guanidine groups is 1. The van der Waals surface area contributed by atoms with E-state index in [9.17, 15) is 0 Å². The number of furan rings is 1. The fourth-order valence-electron chi connectivity index (χ4n) is 4.37. The Morgan fingerprint density at radius 3 is 2.78 bits per heavy atom. The Kier molecular flexibility index (Phi) is 8.01. The number of hydrogen-bond acceptors (Lipinski definition) is 6. The van der Waals surface area contributed by atoms with E-state index >= 15 is 0 Å². The van der Waals surface area contributed by atoms with E-state index in [1.807, 2.05) is 12.3 Å². The number of aliphatic imine (C=N–C) groups is 1. The molecule has 0 aliphatic carbocycles. The topological polar surface area (TPSA) is 78.2 Å². The fraction of sp³-hybridized carbons (Fsp3) is 0.583. The van der Waals surface area contributed by atoms with Crippen LogP contribution in [0.2, 0.25) is 0 Å². The Morgan fingerprint density at radius 2 is 2.09 bits per heavy atom. The Bertz CT molecular complexity index is 833. The third-order valence-electron chi connectivity index (χ3n) is 6.05. The first-order valence-corrected chi connectivity index (χ1v) is 11.8. The van der Waals surface area contributed by atoms with Gasteiger partial charge in [-0.15, -0.1) is 0 Å². The van der Waals surface area contributed by atoms with Gasteiger partial charge in [-0.2, -0.15) is 0 Å². The van der Waals surface area contributed by atoms with E-state index in [0.29, 0.717) is 6.54 Å². The smallest absolute Gasteiger partial charge is 0.191 e. The van der Waals surface area contributed by atoms with Crippen molar-refractivity contribution in [1.82, 2.24) is 20.5 Å². The fourth-order valence-corrected chi connectivity index (χ4v) is 4.37. The molecular weight excluding hydrogens is 404 g/mol. The number of ether oxygens (including phenoxy) is 1. The van der Waals surface area contributed by atoms with Crippen LogP contribution < -0.4 is 15.5 Å². The molecular formula is C24H36N6O2. The predicted octanol–water partition coefficient (Wildman–Crippen LogP) is 2.79. The molecule has 2 aromatic heterocycles. The molecule has 2 N–H and O–H groups in total. The second-order valence-electron chi connectivity index (χ2n) is 8.50. The van der Waals surface area contributed by atoms with Crippen molar-refractivity contribution in [2.75, 3.05) is 50.8 Å². The molecule has 2 fully saturated rings. The van der Waals surface area contributed by atoms with Crippen LogP contribution in [0.15, 0.2) is 46.1 Å². The van der Waals surface area contributed by atoms with Crippen LogP contribution in [0.1, 0.15) is 44.1 Å². The molecule has 8 heteroatoms. The summed E-state index contributed by atoms with van der Waals surface area (Å²) in [6.45, 7) is 11.1. The Balaban J connectivity index is 1.36. The molecule has 32 heavy (non-hydrogen) atoms. The summed E-state index contributed by atoms with van der Waals surface area (Å²) in [5.41, 5.74) is 1.09. The van der Waals surface area contributed by atoms with Crippen molar-refractivity contribution in [3.05, 3.63) is 48.0 Å². The van der Waals surface area contributed by atoms with Gasteiger partial charge in [-0.3, -0.25) is 4.90 Å². The van der Waals surface area contributed by atoms with Gasteiger partial charge in [-0.05, 0) is 63.5 Å². The van der Waals surface area contributed by atoms with Crippen LogP contribution in [0.25, 0.3) is 0 Å². The first kappa shape index (κ1) is 22.6. The molecule has 174 valence electrons. The third kappa shape index (κ3) is 6.01. The van der Waals surface area contributed by atoms with Gasteiger partial charge in [0.05, 0.1) is 31.6 Å². The quantitative estimate of drug-likeness (QED) is 0.483. The van der Waals surface area contributed by atoms with E-state index in [2.05, 4.69) is 57.5 Å².